The SMILES string of the molecule is Cc1ncc(CNC(=O)c2ccc(-c3ccc([N+](=O)[O-])nc3)cc2)c(CO)c1O. The first-order chi connectivity index (χ1) is 13.9. The number of aliphatic hydroxyl groups excluding tert-OH is 1. The van der Waals surface area contributed by atoms with E-state index in [-0.39, 0.29) is 30.6 Å². The third-order valence-electron chi connectivity index (χ3n) is 4.44. The van der Waals surface area contributed by atoms with Gasteiger partial charge in [0.05, 0.1) is 12.3 Å². The lowest BCUT2D eigenvalue weighted by Gasteiger charge is -2.12. The number of hydrogen-bond acceptors (Lipinski definition) is 7. The van der Waals surface area contributed by atoms with Crippen LogP contribution in [-0.4, -0.2) is 31.0 Å². The highest BCUT2D eigenvalue weighted by molar-refractivity contribution is 5.94. The Balaban J connectivity index is 1.69. The van der Waals surface area contributed by atoms with Gasteiger partial charge in [-0.2, -0.15) is 0 Å². The first-order valence-electron chi connectivity index (χ1n) is 8.67. The van der Waals surface area contributed by atoms with Gasteiger partial charge in [-0.1, -0.05) is 12.1 Å². The van der Waals surface area contributed by atoms with E-state index in [1.54, 1.807) is 37.3 Å². The van der Waals surface area contributed by atoms with Crippen molar-refractivity contribution in [1.29, 1.82) is 0 Å². The number of nitrogens with one attached hydrogen (secondary N) is 1. The topological polar surface area (TPSA) is 138 Å². The molecule has 2 heterocycles. The minimum atomic E-state index is -0.567. The number of carbonyl (C=O) groups excluding carboxylic acids is 1. The molecule has 0 radical (unpaired) electrons. The summed E-state index contributed by atoms with van der Waals surface area (Å²) in [6, 6.07) is 9.60. The fraction of sp³-hybridized carbons (Fsp3) is 0.150. The molecule has 148 valence electrons. The Kier molecular flexibility index (Phi) is 5.79. The van der Waals surface area contributed by atoms with Crippen LogP contribution in [0.25, 0.3) is 11.1 Å². The Bertz CT molecular complexity index is 1050. The number of carbonyl (C=O) groups is 1. The van der Waals surface area contributed by atoms with E-state index in [2.05, 4.69) is 15.3 Å². The van der Waals surface area contributed by atoms with Crippen LogP contribution in [-0.2, 0) is 13.2 Å². The van der Waals surface area contributed by atoms with Crippen molar-refractivity contribution in [3.8, 4) is 16.9 Å². The molecule has 0 bridgehead atoms. The zero-order chi connectivity index (χ0) is 21.0. The molecule has 1 amide bonds. The average Bonchev–Trinajstić information content (AvgIpc) is 2.74. The fourth-order valence-electron chi connectivity index (χ4n) is 2.77. The van der Waals surface area contributed by atoms with E-state index in [1.165, 1.54) is 18.5 Å². The number of pyridine rings is 2. The number of nitrogens with zero attached hydrogens (tertiary/aromatic N) is 3. The summed E-state index contributed by atoms with van der Waals surface area (Å²) in [5.74, 6) is -0.647. The number of aromatic hydroxyl groups is 1. The van der Waals surface area contributed by atoms with Crippen LogP contribution >= 0.6 is 0 Å². The highest BCUT2D eigenvalue weighted by Crippen LogP contribution is 2.24. The molecule has 0 fully saturated rings. The average molecular weight is 394 g/mol. The third kappa shape index (κ3) is 4.36. The molecule has 2 aromatic heterocycles. The van der Waals surface area contributed by atoms with Crippen LogP contribution in [0.15, 0.2) is 48.8 Å². The van der Waals surface area contributed by atoms with Crippen molar-refractivity contribution in [3.63, 3.8) is 0 Å². The molecule has 0 saturated heterocycles. The summed E-state index contributed by atoms with van der Waals surface area (Å²) in [6.07, 6.45) is 2.91. The van der Waals surface area contributed by atoms with Crippen LogP contribution in [0.5, 0.6) is 5.75 Å². The Morgan fingerprint density at radius 3 is 2.38 bits per heavy atom. The van der Waals surface area contributed by atoms with Crippen LogP contribution in [0, 0.1) is 17.0 Å². The van der Waals surface area contributed by atoms with Gasteiger partial charge in [-0.3, -0.25) is 9.78 Å². The van der Waals surface area contributed by atoms with Gasteiger partial charge in [-0.15, -0.1) is 0 Å². The molecular weight excluding hydrogens is 376 g/mol. The summed E-state index contributed by atoms with van der Waals surface area (Å²) in [5.41, 5.74) is 3.13. The van der Waals surface area contributed by atoms with Crippen molar-refractivity contribution < 1.29 is 19.9 Å². The van der Waals surface area contributed by atoms with Crippen molar-refractivity contribution in [2.24, 2.45) is 0 Å². The second-order valence-corrected chi connectivity index (χ2v) is 6.28. The fourth-order valence-corrected chi connectivity index (χ4v) is 2.77. The summed E-state index contributed by atoms with van der Waals surface area (Å²) in [5, 5.41) is 32.8. The molecule has 1 aromatic carbocycles. The number of aliphatic hydroxyl groups is 1. The van der Waals surface area contributed by atoms with Crippen LogP contribution in [0.4, 0.5) is 5.82 Å². The summed E-state index contributed by atoms with van der Waals surface area (Å²) in [4.78, 5) is 30.3. The van der Waals surface area contributed by atoms with E-state index in [9.17, 15) is 25.1 Å². The van der Waals surface area contributed by atoms with Crippen molar-refractivity contribution in [1.82, 2.24) is 15.3 Å². The normalized spacial score (nSPS) is 10.6. The molecule has 0 atom stereocenters. The van der Waals surface area contributed by atoms with Gasteiger partial charge in [0.2, 0.25) is 0 Å². The van der Waals surface area contributed by atoms with Gasteiger partial charge >= 0.3 is 5.82 Å². The van der Waals surface area contributed by atoms with Crippen molar-refractivity contribution in [2.75, 3.05) is 0 Å². The molecule has 29 heavy (non-hydrogen) atoms. The van der Waals surface area contributed by atoms with Crippen LogP contribution in [0.3, 0.4) is 0 Å². The Morgan fingerprint density at radius 1 is 1.10 bits per heavy atom. The highest BCUT2D eigenvalue weighted by atomic mass is 16.6. The van der Waals surface area contributed by atoms with Crippen molar-refractivity contribution >= 4 is 11.7 Å². The second kappa shape index (κ2) is 8.44. The highest BCUT2D eigenvalue weighted by Gasteiger charge is 2.13. The van der Waals surface area contributed by atoms with Crippen molar-refractivity contribution in [2.45, 2.75) is 20.1 Å². The molecule has 0 aliphatic heterocycles. The maximum absolute atomic E-state index is 12.4. The van der Waals surface area contributed by atoms with E-state index in [0.717, 1.165) is 5.56 Å². The molecule has 3 aromatic rings. The van der Waals surface area contributed by atoms with Gasteiger partial charge in [0.1, 0.15) is 11.9 Å². The molecule has 0 saturated carbocycles. The van der Waals surface area contributed by atoms with Crippen LogP contribution in [0.1, 0.15) is 27.2 Å². The standard InChI is InChI=1S/C20H18N4O5/c1-12-19(26)17(11-25)16(9-21-12)10-23-20(27)14-4-2-13(3-5-14)15-6-7-18(22-8-15)24(28)29/h2-9,25-26H,10-11H2,1H3,(H,23,27). The quantitative estimate of drug-likeness (QED) is 0.431. The number of benzene rings is 1. The molecule has 0 unspecified atom stereocenters. The lowest BCUT2D eigenvalue weighted by atomic mass is 10.0. The predicted molar refractivity (Wildman–Crippen MR) is 104 cm³/mol. The molecule has 0 spiro atoms. The molecule has 9 nitrogen and oxygen atoms in total. The third-order valence-corrected chi connectivity index (χ3v) is 4.44. The molecule has 0 aliphatic carbocycles. The van der Waals surface area contributed by atoms with Gasteiger partial charge in [0, 0.05) is 35.5 Å². The van der Waals surface area contributed by atoms with E-state index in [4.69, 9.17) is 0 Å². The van der Waals surface area contributed by atoms with Crippen LogP contribution < -0.4 is 5.32 Å². The maximum atomic E-state index is 12.4. The smallest absolute Gasteiger partial charge is 0.363 e. The number of nitro groups is 1. The predicted octanol–water partition coefficient (Wildman–Crippen LogP) is 2.49. The number of amides is 1. The van der Waals surface area contributed by atoms with E-state index < -0.39 is 4.92 Å². The van der Waals surface area contributed by atoms with Gasteiger partial charge in [0.25, 0.3) is 5.91 Å². The summed E-state index contributed by atoms with van der Waals surface area (Å²) in [7, 11) is 0. The summed E-state index contributed by atoms with van der Waals surface area (Å²) in [6.45, 7) is 1.36. The Morgan fingerprint density at radius 2 is 1.79 bits per heavy atom. The minimum absolute atomic E-state index is 0.0830. The van der Waals surface area contributed by atoms with E-state index >= 15 is 0 Å². The maximum Gasteiger partial charge on any atom is 0.363 e. The number of aromatic nitrogens is 2. The minimum Gasteiger partial charge on any atom is -0.506 e. The number of hydrogen-bond donors (Lipinski definition) is 3. The Labute approximate surface area is 165 Å². The van der Waals surface area contributed by atoms with Crippen molar-refractivity contribution in [3.05, 3.63) is 81.3 Å². The van der Waals surface area contributed by atoms with Gasteiger partial charge in [-0.25, -0.2) is 0 Å². The molecule has 0 aliphatic rings. The first kappa shape index (κ1) is 19.9. The Hall–Kier alpha value is -3.85. The summed E-state index contributed by atoms with van der Waals surface area (Å²) < 4.78 is 0. The van der Waals surface area contributed by atoms with Gasteiger partial charge in [0.15, 0.2) is 0 Å². The lowest BCUT2D eigenvalue weighted by molar-refractivity contribution is -0.389. The summed E-state index contributed by atoms with van der Waals surface area (Å²) >= 11 is 0. The molecule has 9 heteroatoms. The number of rotatable bonds is 6. The first-order valence-corrected chi connectivity index (χ1v) is 8.67. The zero-order valence-electron chi connectivity index (χ0n) is 15.5. The number of aryl methyl sites for hydroxylation is 1. The second-order valence-electron chi connectivity index (χ2n) is 6.28. The van der Waals surface area contributed by atoms with E-state index in [0.29, 0.717) is 27.9 Å². The van der Waals surface area contributed by atoms with Gasteiger partial charge in [-0.05, 0) is 46.2 Å². The lowest BCUT2D eigenvalue weighted by Crippen LogP contribution is -2.23. The zero-order valence-corrected chi connectivity index (χ0v) is 15.5. The van der Waals surface area contributed by atoms with Crippen LogP contribution in [0.2, 0.25) is 0 Å². The molecular formula is C20H18N4O5. The monoisotopic (exact) mass is 394 g/mol. The van der Waals surface area contributed by atoms with E-state index in [1.807, 2.05) is 0 Å². The largest absolute Gasteiger partial charge is 0.506 e. The molecule has 3 N–H and O–H groups in total. The van der Waals surface area contributed by atoms with Gasteiger partial charge < -0.3 is 25.6 Å². The molecule has 3 rings (SSSR count).